The van der Waals surface area contributed by atoms with Gasteiger partial charge in [0.1, 0.15) is 12.6 Å². The topological polar surface area (TPSA) is 57.8 Å². The van der Waals surface area contributed by atoms with Gasteiger partial charge in [0, 0.05) is 24.7 Å². The Morgan fingerprint density at radius 3 is 2.47 bits per heavy atom. The van der Waals surface area contributed by atoms with Crippen LogP contribution in [0, 0.1) is 11.7 Å². The molecular formula is C29H36FN3O3. The van der Waals surface area contributed by atoms with Crippen LogP contribution in [0.1, 0.15) is 47.5 Å². The van der Waals surface area contributed by atoms with Gasteiger partial charge in [0.05, 0.1) is 24.3 Å². The van der Waals surface area contributed by atoms with Crippen LogP contribution in [0.2, 0.25) is 0 Å². The number of benzene rings is 2. The van der Waals surface area contributed by atoms with E-state index in [-0.39, 0.29) is 11.7 Å². The van der Waals surface area contributed by atoms with E-state index >= 15 is 0 Å². The van der Waals surface area contributed by atoms with Gasteiger partial charge in [0.15, 0.2) is 0 Å². The number of carbonyl (C=O) groups excluding carboxylic acids is 1. The van der Waals surface area contributed by atoms with Crippen LogP contribution in [0.3, 0.4) is 0 Å². The molecule has 0 spiro atoms. The van der Waals surface area contributed by atoms with Gasteiger partial charge in [-0.1, -0.05) is 24.3 Å². The summed E-state index contributed by atoms with van der Waals surface area (Å²) in [7, 11) is 0. The molecule has 3 aliphatic rings. The Labute approximate surface area is 212 Å². The molecule has 6 nitrogen and oxygen atoms in total. The molecule has 2 aromatic carbocycles. The summed E-state index contributed by atoms with van der Waals surface area (Å²) in [6.45, 7) is 7.09. The zero-order valence-electron chi connectivity index (χ0n) is 20.8. The van der Waals surface area contributed by atoms with Crippen molar-refractivity contribution in [3.05, 3.63) is 71.7 Å². The van der Waals surface area contributed by atoms with Crippen molar-refractivity contribution in [2.45, 2.75) is 31.6 Å². The average Bonchev–Trinajstić information content (AvgIpc) is 3.71. The smallest absolute Gasteiger partial charge is 0.255 e. The molecule has 3 saturated heterocycles. The summed E-state index contributed by atoms with van der Waals surface area (Å²) in [6, 6.07) is 15.0. The normalized spacial score (nSPS) is 21.0. The Morgan fingerprint density at radius 1 is 0.972 bits per heavy atom. The van der Waals surface area contributed by atoms with E-state index in [4.69, 9.17) is 9.47 Å². The predicted molar refractivity (Wildman–Crippen MR) is 139 cm³/mol. The fourth-order valence-corrected chi connectivity index (χ4v) is 5.57. The minimum atomic E-state index is -0.158. The summed E-state index contributed by atoms with van der Waals surface area (Å²) < 4.78 is 22.6. The summed E-state index contributed by atoms with van der Waals surface area (Å²) in [5.74, 6) is 1.12. The highest BCUT2D eigenvalue weighted by atomic mass is 19.1. The monoisotopic (exact) mass is 493 g/mol. The first-order chi connectivity index (χ1) is 17.7. The van der Waals surface area contributed by atoms with Gasteiger partial charge in [-0.2, -0.15) is 0 Å². The predicted octanol–water partition coefficient (Wildman–Crippen LogP) is 5.03. The number of para-hydroxylation sites is 1. The summed E-state index contributed by atoms with van der Waals surface area (Å²) in [6.07, 6.45) is 6.42. The van der Waals surface area contributed by atoms with Gasteiger partial charge in [-0.15, -0.1) is 0 Å². The molecule has 6 rings (SSSR count). The van der Waals surface area contributed by atoms with Crippen molar-refractivity contribution in [1.82, 2.24) is 14.8 Å². The number of piperidine rings is 1. The molecule has 192 valence electrons. The molecule has 1 amide bonds. The molecule has 0 radical (unpaired) electrons. The number of nitrogens with one attached hydrogen (secondary N) is 1. The number of ether oxygens (including phenoxy) is 2. The maximum absolute atomic E-state index is 13.2. The Bertz CT molecular complexity index is 1110. The van der Waals surface area contributed by atoms with Gasteiger partial charge in [-0.05, 0) is 87.0 Å². The van der Waals surface area contributed by atoms with E-state index in [2.05, 4.69) is 9.88 Å². The van der Waals surface area contributed by atoms with Crippen LogP contribution in [0.5, 0.6) is 0 Å². The molecule has 1 N–H and O–H groups in total. The van der Waals surface area contributed by atoms with E-state index in [1.165, 1.54) is 5.56 Å². The van der Waals surface area contributed by atoms with Crippen molar-refractivity contribution in [2.75, 3.05) is 52.7 Å². The number of rotatable bonds is 5. The standard InChI is InChI=1S/C26H30FN3O.C3H6O2/c27-23-6-4-20(5-7-23)21-11-15-29(16-12-21)14-9-19-10-17-30(18-19)26(31)24-3-1-2-22-8-13-28-25(22)24;1-2-5-3-4-1/h1-8,13,19,21,28H,9-12,14-18H2;1-3H2/t19-;/m0./s1. The molecule has 1 atom stereocenters. The molecular weight excluding hydrogens is 457 g/mol. The van der Waals surface area contributed by atoms with Crippen molar-refractivity contribution in [3.63, 3.8) is 0 Å². The lowest BCUT2D eigenvalue weighted by atomic mass is 9.89. The first-order valence-corrected chi connectivity index (χ1v) is 13.2. The van der Waals surface area contributed by atoms with Crippen LogP contribution in [0.25, 0.3) is 10.9 Å². The van der Waals surface area contributed by atoms with Crippen LogP contribution in [-0.4, -0.2) is 73.4 Å². The minimum Gasteiger partial charge on any atom is -0.361 e. The van der Waals surface area contributed by atoms with Gasteiger partial charge < -0.3 is 24.3 Å². The number of halogens is 1. The number of H-pyrrole nitrogens is 1. The second kappa shape index (κ2) is 12.0. The first kappa shape index (κ1) is 24.9. The lowest BCUT2D eigenvalue weighted by Gasteiger charge is -2.32. The first-order valence-electron chi connectivity index (χ1n) is 13.2. The number of amides is 1. The highest BCUT2D eigenvalue weighted by Gasteiger charge is 2.29. The van der Waals surface area contributed by atoms with Crippen molar-refractivity contribution in [2.24, 2.45) is 5.92 Å². The quantitative estimate of drug-likeness (QED) is 0.542. The third-order valence-electron chi connectivity index (χ3n) is 7.71. The van der Waals surface area contributed by atoms with Crippen LogP contribution in [-0.2, 0) is 9.47 Å². The molecule has 36 heavy (non-hydrogen) atoms. The third-order valence-corrected chi connectivity index (χ3v) is 7.71. The molecule has 4 heterocycles. The fraction of sp³-hybridized carbons (Fsp3) is 0.483. The van der Waals surface area contributed by atoms with Crippen LogP contribution in [0.4, 0.5) is 4.39 Å². The largest absolute Gasteiger partial charge is 0.361 e. The molecule has 0 bridgehead atoms. The number of aromatic amines is 1. The lowest BCUT2D eigenvalue weighted by Crippen LogP contribution is -2.35. The highest BCUT2D eigenvalue weighted by molar-refractivity contribution is 6.05. The van der Waals surface area contributed by atoms with Crippen molar-refractivity contribution >= 4 is 16.8 Å². The van der Waals surface area contributed by atoms with Crippen molar-refractivity contribution in [3.8, 4) is 0 Å². The van der Waals surface area contributed by atoms with E-state index in [9.17, 15) is 9.18 Å². The molecule has 3 fully saturated rings. The molecule has 0 saturated carbocycles. The van der Waals surface area contributed by atoms with Crippen molar-refractivity contribution < 1.29 is 18.7 Å². The molecule has 1 aromatic heterocycles. The van der Waals surface area contributed by atoms with E-state index in [1.54, 1.807) is 12.1 Å². The molecule has 3 aromatic rings. The lowest BCUT2D eigenvalue weighted by molar-refractivity contribution is 0.0692. The van der Waals surface area contributed by atoms with E-state index in [1.807, 2.05) is 47.5 Å². The van der Waals surface area contributed by atoms with E-state index < -0.39 is 0 Å². The second-order valence-electron chi connectivity index (χ2n) is 10.0. The van der Waals surface area contributed by atoms with Gasteiger partial charge >= 0.3 is 0 Å². The molecule has 3 aliphatic heterocycles. The Balaban J connectivity index is 0.000000477. The number of fused-ring (bicyclic) bond motifs is 1. The number of hydrogen-bond donors (Lipinski definition) is 1. The Kier molecular flexibility index (Phi) is 8.31. The Hall–Kier alpha value is -2.74. The van der Waals surface area contributed by atoms with Gasteiger partial charge in [-0.3, -0.25) is 4.79 Å². The highest BCUT2D eigenvalue weighted by Crippen LogP contribution is 2.29. The average molecular weight is 494 g/mol. The fourth-order valence-electron chi connectivity index (χ4n) is 5.57. The third kappa shape index (κ3) is 6.14. The molecule has 0 aliphatic carbocycles. The van der Waals surface area contributed by atoms with E-state index in [0.29, 0.717) is 18.6 Å². The summed E-state index contributed by atoms with van der Waals surface area (Å²) in [5.41, 5.74) is 2.99. The van der Waals surface area contributed by atoms with Crippen LogP contribution < -0.4 is 0 Å². The zero-order chi connectivity index (χ0) is 24.7. The number of likely N-dealkylation sites (tertiary alicyclic amines) is 2. The molecule has 7 heteroatoms. The maximum Gasteiger partial charge on any atom is 0.255 e. The summed E-state index contributed by atoms with van der Waals surface area (Å²) >= 11 is 0. The van der Waals surface area contributed by atoms with Crippen LogP contribution in [0.15, 0.2) is 54.7 Å². The zero-order valence-corrected chi connectivity index (χ0v) is 20.8. The molecule has 0 unspecified atom stereocenters. The van der Waals surface area contributed by atoms with Gasteiger partial charge in [-0.25, -0.2) is 4.39 Å². The second-order valence-corrected chi connectivity index (χ2v) is 10.0. The minimum absolute atomic E-state index is 0.149. The van der Waals surface area contributed by atoms with Gasteiger partial charge in [0.2, 0.25) is 0 Å². The van der Waals surface area contributed by atoms with Crippen LogP contribution >= 0.6 is 0 Å². The van der Waals surface area contributed by atoms with Crippen molar-refractivity contribution in [1.29, 1.82) is 0 Å². The number of carbonyl (C=O) groups is 1. The van der Waals surface area contributed by atoms with E-state index in [0.717, 1.165) is 88.1 Å². The number of hydrogen-bond acceptors (Lipinski definition) is 4. The summed E-state index contributed by atoms with van der Waals surface area (Å²) in [5, 5.41) is 1.09. The number of aromatic nitrogens is 1. The Morgan fingerprint density at radius 2 is 1.75 bits per heavy atom. The summed E-state index contributed by atoms with van der Waals surface area (Å²) in [4.78, 5) is 20.9. The maximum atomic E-state index is 13.2. The van der Waals surface area contributed by atoms with Gasteiger partial charge in [0.25, 0.3) is 5.91 Å². The number of nitrogens with zero attached hydrogens (tertiary/aromatic N) is 2. The SMILES string of the molecule is C1COCO1.O=C(c1cccc2cc[nH]c12)N1CC[C@H](CCN2CCC(c3ccc(F)cc3)CC2)C1.